The average molecular weight is 408 g/mol. The molecule has 1 aliphatic carbocycles. The fourth-order valence-corrected chi connectivity index (χ4v) is 4.48. The van der Waals surface area contributed by atoms with Crippen LogP contribution in [0.25, 0.3) is 11.1 Å². The van der Waals surface area contributed by atoms with E-state index in [0.29, 0.717) is 32.8 Å². The molecule has 0 aromatic heterocycles. The Bertz CT molecular complexity index is 910. The van der Waals surface area contributed by atoms with Crippen LogP contribution in [0, 0.1) is 0 Å². The number of carbonyl (C=O) groups excluding carboxylic acids is 1. The van der Waals surface area contributed by atoms with Crippen LogP contribution in [0.4, 0.5) is 4.79 Å². The Balaban J connectivity index is 1.41. The number of fused-ring (bicyclic) bond motifs is 3. The smallest absolute Gasteiger partial charge is 0.409 e. The molecule has 1 fully saturated rings. The normalized spacial score (nSPS) is 17.2. The maximum atomic E-state index is 12.8. The number of nitrogens with zero attached hydrogens (tertiary/aromatic N) is 2. The predicted molar refractivity (Wildman–Crippen MR) is 115 cm³/mol. The Morgan fingerprint density at radius 1 is 0.967 bits per heavy atom. The van der Waals surface area contributed by atoms with Crippen molar-refractivity contribution in [2.75, 3.05) is 32.8 Å². The van der Waals surface area contributed by atoms with Gasteiger partial charge in [-0.05, 0) is 42.5 Å². The van der Waals surface area contributed by atoms with Gasteiger partial charge in [0.25, 0.3) is 0 Å². The molecule has 1 N–H and O–H groups in total. The van der Waals surface area contributed by atoms with E-state index < -0.39 is 11.5 Å². The minimum atomic E-state index is -0.947. The van der Waals surface area contributed by atoms with E-state index in [1.54, 1.807) is 18.7 Å². The number of rotatable bonds is 4. The molecule has 2 aliphatic rings. The monoisotopic (exact) mass is 408 g/mol. The highest BCUT2D eigenvalue weighted by Crippen LogP contribution is 2.44. The molecule has 2 aromatic carbocycles. The van der Waals surface area contributed by atoms with Gasteiger partial charge in [0.2, 0.25) is 0 Å². The van der Waals surface area contributed by atoms with Crippen molar-refractivity contribution in [1.82, 2.24) is 9.80 Å². The van der Waals surface area contributed by atoms with E-state index in [0.717, 1.165) is 6.42 Å². The van der Waals surface area contributed by atoms with Gasteiger partial charge in [-0.15, -0.1) is 0 Å². The molecule has 4 rings (SSSR count). The third-order valence-electron chi connectivity index (χ3n) is 6.40. The molecule has 6 nitrogen and oxygen atoms in total. The van der Waals surface area contributed by atoms with E-state index in [1.165, 1.54) is 22.3 Å². The maximum Gasteiger partial charge on any atom is 0.409 e. The second-order valence-corrected chi connectivity index (χ2v) is 8.50. The average Bonchev–Trinajstić information content (AvgIpc) is 2.88. The van der Waals surface area contributed by atoms with Gasteiger partial charge in [0, 0.05) is 32.1 Å². The van der Waals surface area contributed by atoms with Gasteiger partial charge >= 0.3 is 12.1 Å². The van der Waals surface area contributed by atoms with Crippen LogP contribution >= 0.6 is 0 Å². The molecule has 158 valence electrons. The molecule has 0 spiro atoms. The van der Waals surface area contributed by atoms with Crippen molar-refractivity contribution in [1.29, 1.82) is 0 Å². The quantitative estimate of drug-likeness (QED) is 0.833. The summed E-state index contributed by atoms with van der Waals surface area (Å²) in [6.07, 6.45) is 0.396. The molecular weight excluding hydrogens is 380 g/mol. The summed E-state index contributed by atoms with van der Waals surface area (Å²) >= 11 is 0. The first kappa shape index (κ1) is 20.4. The second-order valence-electron chi connectivity index (χ2n) is 8.50. The zero-order chi connectivity index (χ0) is 21.3. The fourth-order valence-electron chi connectivity index (χ4n) is 4.48. The molecule has 0 atom stereocenters. The van der Waals surface area contributed by atoms with Gasteiger partial charge in [-0.3, -0.25) is 9.69 Å². The number of ether oxygens (including phenoxy) is 1. The third kappa shape index (κ3) is 3.67. The molecule has 1 saturated heterocycles. The highest BCUT2D eigenvalue weighted by molar-refractivity contribution is 5.79. The van der Waals surface area contributed by atoms with Crippen LogP contribution in [-0.4, -0.2) is 65.3 Å². The minimum Gasteiger partial charge on any atom is -0.480 e. The van der Waals surface area contributed by atoms with Crippen molar-refractivity contribution < 1.29 is 19.4 Å². The van der Waals surface area contributed by atoms with Crippen LogP contribution in [0.5, 0.6) is 0 Å². The SMILES string of the molecule is CC(C)(C(=O)O)N1CCCN(C(=O)OCC2c3ccccc3-c3ccccc32)CC1. The molecule has 0 radical (unpaired) electrons. The lowest BCUT2D eigenvalue weighted by molar-refractivity contribution is -0.149. The van der Waals surface area contributed by atoms with Gasteiger partial charge in [0.1, 0.15) is 12.1 Å². The highest BCUT2D eigenvalue weighted by Gasteiger charge is 2.36. The Hall–Kier alpha value is -2.86. The zero-order valence-corrected chi connectivity index (χ0v) is 17.5. The van der Waals surface area contributed by atoms with Crippen molar-refractivity contribution >= 4 is 12.1 Å². The number of amides is 1. The third-order valence-corrected chi connectivity index (χ3v) is 6.40. The molecule has 1 amide bonds. The summed E-state index contributed by atoms with van der Waals surface area (Å²) in [5.41, 5.74) is 3.84. The topological polar surface area (TPSA) is 70.1 Å². The van der Waals surface area contributed by atoms with Crippen molar-refractivity contribution in [3.8, 4) is 11.1 Å². The number of hydrogen-bond acceptors (Lipinski definition) is 4. The Kier molecular flexibility index (Phi) is 5.52. The van der Waals surface area contributed by atoms with Crippen LogP contribution in [0.3, 0.4) is 0 Å². The van der Waals surface area contributed by atoms with Gasteiger partial charge in [-0.25, -0.2) is 4.79 Å². The first-order valence-electron chi connectivity index (χ1n) is 10.5. The molecule has 30 heavy (non-hydrogen) atoms. The number of carboxylic acid groups (broad SMARTS) is 1. The number of benzene rings is 2. The van der Waals surface area contributed by atoms with Gasteiger partial charge < -0.3 is 14.7 Å². The summed E-state index contributed by atoms with van der Waals surface area (Å²) < 4.78 is 5.76. The van der Waals surface area contributed by atoms with Gasteiger partial charge in [0.05, 0.1) is 0 Å². The van der Waals surface area contributed by atoms with E-state index in [1.807, 2.05) is 29.2 Å². The predicted octanol–water partition coefficient (Wildman–Crippen LogP) is 3.81. The molecule has 0 unspecified atom stereocenters. The Labute approximate surface area is 177 Å². The van der Waals surface area contributed by atoms with Crippen LogP contribution in [-0.2, 0) is 9.53 Å². The summed E-state index contributed by atoms with van der Waals surface area (Å²) in [6, 6.07) is 16.5. The number of aliphatic carboxylic acids is 1. The van der Waals surface area contributed by atoms with E-state index in [4.69, 9.17) is 4.74 Å². The van der Waals surface area contributed by atoms with Crippen LogP contribution in [0.2, 0.25) is 0 Å². The standard InChI is InChI=1S/C24H28N2O4/c1-24(2,22(27)28)26-13-7-12-25(14-15-26)23(29)30-16-21-19-10-5-3-8-17(19)18-9-4-6-11-20(18)21/h3-6,8-11,21H,7,12-16H2,1-2H3,(H,27,28). The first-order chi connectivity index (χ1) is 14.4. The summed E-state index contributed by atoms with van der Waals surface area (Å²) in [4.78, 5) is 28.0. The number of hydrogen-bond donors (Lipinski definition) is 1. The lowest BCUT2D eigenvalue weighted by atomic mass is 9.98. The number of carboxylic acids is 1. The lowest BCUT2D eigenvalue weighted by Gasteiger charge is -2.33. The van der Waals surface area contributed by atoms with Crippen LogP contribution < -0.4 is 0 Å². The largest absolute Gasteiger partial charge is 0.480 e. The molecular formula is C24H28N2O4. The van der Waals surface area contributed by atoms with Gasteiger partial charge in [-0.1, -0.05) is 48.5 Å². The molecule has 2 aromatic rings. The Morgan fingerprint density at radius 2 is 1.57 bits per heavy atom. The minimum absolute atomic E-state index is 0.0378. The second kappa shape index (κ2) is 8.11. The van der Waals surface area contributed by atoms with Crippen molar-refractivity contribution in [2.24, 2.45) is 0 Å². The molecule has 0 saturated carbocycles. The zero-order valence-electron chi connectivity index (χ0n) is 17.5. The van der Waals surface area contributed by atoms with E-state index in [-0.39, 0.29) is 12.0 Å². The van der Waals surface area contributed by atoms with E-state index >= 15 is 0 Å². The first-order valence-corrected chi connectivity index (χ1v) is 10.5. The highest BCUT2D eigenvalue weighted by atomic mass is 16.6. The summed E-state index contributed by atoms with van der Waals surface area (Å²) in [5, 5.41) is 9.48. The van der Waals surface area contributed by atoms with Crippen LogP contribution in [0.15, 0.2) is 48.5 Å². The molecule has 0 bridgehead atoms. The Morgan fingerprint density at radius 3 is 2.17 bits per heavy atom. The fraction of sp³-hybridized carbons (Fsp3) is 0.417. The summed E-state index contributed by atoms with van der Waals surface area (Å²) in [5.74, 6) is -0.812. The number of carbonyl (C=O) groups is 2. The van der Waals surface area contributed by atoms with Crippen molar-refractivity contribution in [3.05, 3.63) is 59.7 Å². The van der Waals surface area contributed by atoms with Crippen molar-refractivity contribution in [3.63, 3.8) is 0 Å². The van der Waals surface area contributed by atoms with E-state index in [9.17, 15) is 14.7 Å². The van der Waals surface area contributed by atoms with E-state index in [2.05, 4.69) is 24.3 Å². The summed E-state index contributed by atoms with van der Waals surface area (Å²) in [6.45, 7) is 5.91. The molecule has 6 heteroatoms. The lowest BCUT2D eigenvalue weighted by Crippen LogP contribution is -2.51. The maximum absolute atomic E-state index is 12.8. The van der Waals surface area contributed by atoms with Crippen LogP contribution in [0.1, 0.15) is 37.3 Å². The van der Waals surface area contributed by atoms with Crippen molar-refractivity contribution in [2.45, 2.75) is 31.7 Å². The molecule has 1 heterocycles. The molecule has 1 aliphatic heterocycles. The van der Waals surface area contributed by atoms with Gasteiger partial charge in [0.15, 0.2) is 0 Å². The van der Waals surface area contributed by atoms with Gasteiger partial charge in [-0.2, -0.15) is 0 Å². The summed E-state index contributed by atoms with van der Waals surface area (Å²) in [7, 11) is 0.